The van der Waals surface area contributed by atoms with E-state index in [2.05, 4.69) is 38.3 Å². The lowest BCUT2D eigenvalue weighted by atomic mass is 9.92. The van der Waals surface area contributed by atoms with Gasteiger partial charge < -0.3 is 55.5 Å². The summed E-state index contributed by atoms with van der Waals surface area (Å²) in [5.74, 6) is -0.659. The van der Waals surface area contributed by atoms with E-state index in [-0.39, 0.29) is 36.7 Å². The predicted octanol–water partition coefficient (Wildman–Crippen LogP) is 18.0. The Morgan fingerprint density at radius 1 is 0.281 bits per heavy atom. The van der Waals surface area contributed by atoms with Crippen LogP contribution in [0.2, 0.25) is 0 Å². The summed E-state index contributed by atoms with van der Waals surface area (Å²) >= 11 is 0. The zero-order valence-corrected chi connectivity index (χ0v) is 58.7. The van der Waals surface area contributed by atoms with Gasteiger partial charge in [-0.1, -0.05) is 362 Å². The number of carbonyl (C=O) groups is 2. The summed E-state index contributed by atoms with van der Waals surface area (Å²) in [5.41, 5.74) is 0. The second kappa shape index (κ2) is 59.1. The van der Waals surface area contributed by atoms with Gasteiger partial charge in [0.15, 0.2) is 12.6 Å². The third kappa shape index (κ3) is 42.6. The van der Waals surface area contributed by atoms with Crippen LogP contribution in [0.4, 0.5) is 0 Å². The number of carbonyl (C=O) groups excluding carboxylic acids is 2. The largest absolute Gasteiger partial charge is 0.388 e. The van der Waals surface area contributed by atoms with Crippen LogP contribution in [0.5, 0.6) is 0 Å². The second-order valence-corrected chi connectivity index (χ2v) is 28.2. The number of amides is 2. The molecule has 8 N–H and O–H groups in total. The SMILES string of the molecule is CCCCCCCCCCCCCCCC(CCCCCCCCCCCCCCC)C(=O)NCC1O[C@@H](O[C@@H]2OC(CNC(=O)C(CCCCCCCCCCCCCCC)CCCCCCCCCCCCCCC)[C@H](O)[C@H](O)C2O)C(O)[C@@H](O)[C@H]1O. The predicted molar refractivity (Wildman–Crippen MR) is 369 cm³/mol. The maximum atomic E-state index is 14.0. The molecule has 0 aromatic heterocycles. The number of hydrogen-bond donors (Lipinski definition) is 8. The molecule has 2 saturated heterocycles. The van der Waals surface area contributed by atoms with E-state index in [1.807, 2.05) is 0 Å². The molecule has 13 nitrogen and oxygen atoms in total. The van der Waals surface area contributed by atoms with Crippen molar-refractivity contribution >= 4 is 11.8 Å². The Kier molecular flexibility index (Phi) is 55.6. The molecule has 4 unspecified atom stereocenters. The molecule has 2 heterocycles. The first-order valence-corrected chi connectivity index (χ1v) is 39.1. The lowest BCUT2D eigenvalue weighted by Crippen LogP contribution is -2.65. The topological polar surface area (TPSA) is 207 Å². The summed E-state index contributed by atoms with van der Waals surface area (Å²) in [6.07, 6.45) is 52.8. The van der Waals surface area contributed by atoms with Crippen LogP contribution in [0.3, 0.4) is 0 Å². The minimum atomic E-state index is -1.77. The van der Waals surface area contributed by atoms with E-state index in [0.29, 0.717) is 0 Å². The number of ether oxygens (including phenoxy) is 3. The molecule has 0 aromatic rings. The number of nitrogens with one attached hydrogen (secondary N) is 2. The van der Waals surface area contributed by atoms with Gasteiger partial charge in [0.1, 0.15) is 48.8 Å². The van der Waals surface area contributed by atoms with Gasteiger partial charge in [0.25, 0.3) is 0 Å². The molecule has 528 valence electrons. The zero-order valence-electron chi connectivity index (χ0n) is 58.7. The third-order valence-corrected chi connectivity index (χ3v) is 19.9. The number of aliphatic hydroxyl groups is 6. The highest BCUT2D eigenvalue weighted by atomic mass is 16.8. The zero-order chi connectivity index (χ0) is 64.6. The average Bonchev–Trinajstić information content (AvgIpc) is 2.35. The molecular formula is C76H148N2O11. The van der Waals surface area contributed by atoms with E-state index < -0.39 is 61.4 Å². The van der Waals surface area contributed by atoms with Crippen LogP contribution in [-0.4, -0.2) is 117 Å². The molecule has 13 heteroatoms. The van der Waals surface area contributed by atoms with Crippen molar-refractivity contribution in [2.24, 2.45) is 11.8 Å². The molecule has 2 aliphatic heterocycles. The fourth-order valence-electron chi connectivity index (χ4n) is 13.7. The number of unbranched alkanes of at least 4 members (excludes halogenated alkanes) is 48. The lowest BCUT2D eigenvalue weighted by Gasteiger charge is -2.45. The Balaban J connectivity index is 1.98. The summed E-state index contributed by atoms with van der Waals surface area (Å²) < 4.78 is 18.1. The van der Waals surface area contributed by atoms with Gasteiger partial charge in [0, 0.05) is 24.9 Å². The van der Waals surface area contributed by atoms with E-state index in [0.717, 1.165) is 103 Å². The quantitative estimate of drug-likeness (QED) is 0.0269. The van der Waals surface area contributed by atoms with Crippen LogP contribution in [0.1, 0.15) is 387 Å². The standard InChI is InChI=1S/C76H148N2O11/c1-5-9-13-17-21-25-29-33-37-41-45-49-53-57-63(58-54-50-46-42-38-34-30-26-22-18-14-10-6-2)73(85)77-61-65-67(79)69(81)71(83)75(87-65)89-76-72(84)70(82)68(80)66(88-76)62-78-74(86)64(59-55-51-47-43-39-35-31-27-23-19-15-11-7-3)60-56-52-48-44-40-36-32-28-24-20-16-12-8-4/h63-72,75-76,79-84H,5-62H2,1-4H3,(H,77,85)(H,78,86)/t65?,66?,67-,68-,69-,70-,71?,72?,75-,76-/m0/s1. The monoisotopic (exact) mass is 1270 g/mol. The Labute approximate surface area is 548 Å². The number of hydrogen-bond acceptors (Lipinski definition) is 11. The minimum Gasteiger partial charge on any atom is -0.388 e. The molecule has 2 aliphatic rings. The summed E-state index contributed by atoms with van der Waals surface area (Å²) in [7, 11) is 0. The molecule has 10 atom stereocenters. The first-order valence-electron chi connectivity index (χ1n) is 39.1. The van der Waals surface area contributed by atoms with Gasteiger partial charge in [0.05, 0.1) is 0 Å². The van der Waals surface area contributed by atoms with Crippen LogP contribution >= 0.6 is 0 Å². The number of rotatable bonds is 64. The van der Waals surface area contributed by atoms with E-state index in [4.69, 9.17) is 14.2 Å². The Bertz CT molecular complexity index is 1390. The Morgan fingerprint density at radius 2 is 0.461 bits per heavy atom. The van der Waals surface area contributed by atoms with E-state index >= 15 is 0 Å². The molecule has 2 amide bonds. The minimum absolute atomic E-state index is 0.124. The molecule has 89 heavy (non-hydrogen) atoms. The fraction of sp³-hybridized carbons (Fsp3) is 0.974. The van der Waals surface area contributed by atoms with Crippen LogP contribution < -0.4 is 10.6 Å². The summed E-state index contributed by atoms with van der Waals surface area (Å²) in [5, 5.41) is 72.9. The number of aliphatic hydroxyl groups excluding tert-OH is 6. The van der Waals surface area contributed by atoms with Gasteiger partial charge in [-0.3, -0.25) is 9.59 Å². The van der Waals surface area contributed by atoms with Crippen molar-refractivity contribution in [3.05, 3.63) is 0 Å². The van der Waals surface area contributed by atoms with E-state index in [1.165, 1.54) is 257 Å². The molecular weight excluding hydrogens is 1120 g/mol. The summed E-state index contributed by atoms with van der Waals surface area (Å²) in [6, 6.07) is 0. The highest BCUT2D eigenvalue weighted by Gasteiger charge is 2.50. The van der Waals surface area contributed by atoms with Crippen molar-refractivity contribution in [3.63, 3.8) is 0 Å². The Hall–Kier alpha value is -1.42. The molecule has 2 fully saturated rings. The van der Waals surface area contributed by atoms with Crippen molar-refractivity contribution in [2.45, 2.75) is 449 Å². The second-order valence-electron chi connectivity index (χ2n) is 28.2. The van der Waals surface area contributed by atoms with E-state index in [1.54, 1.807) is 0 Å². The van der Waals surface area contributed by atoms with Gasteiger partial charge in [0.2, 0.25) is 11.8 Å². The lowest BCUT2D eigenvalue weighted by molar-refractivity contribution is -0.372. The average molecular weight is 1270 g/mol. The summed E-state index contributed by atoms with van der Waals surface area (Å²) in [4.78, 5) is 28.0. The Morgan fingerprint density at radius 3 is 0.652 bits per heavy atom. The first kappa shape index (κ1) is 83.7. The van der Waals surface area contributed by atoms with Crippen molar-refractivity contribution < 1.29 is 54.4 Å². The molecule has 2 rings (SSSR count). The van der Waals surface area contributed by atoms with Crippen molar-refractivity contribution in [3.8, 4) is 0 Å². The highest BCUT2D eigenvalue weighted by molar-refractivity contribution is 5.79. The van der Waals surface area contributed by atoms with Crippen LogP contribution in [-0.2, 0) is 23.8 Å². The van der Waals surface area contributed by atoms with Gasteiger partial charge in [-0.05, 0) is 25.7 Å². The van der Waals surface area contributed by atoms with E-state index in [9.17, 15) is 40.2 Å². The normalized spacial score (nSPS) is 22.2. The summed E-state index contributed by atoms with van der Waals surface area (Å²) in [6.45, 7) is 8.75. The molecule has 0 aromatic carbocycles. The van der Waals surface area contributed by atoms with Crippen LogP contribution in [0.25, 0.3) is 0 Å². The van der Waals surface area contributed by atoms with Gasteiger partial charge in [-0.15, -0.1) is 0 Å². The molecule has 0 saturated carbocycles. The van der Waals surface area contributed by atoms with Gasteiger partial charge in [-0.2, -0.15) is 0 Å². The van der Waals surface area contributed by atoms with Crippen LogP contribution in [0.15, 0.2) is 0 Å². The van der Waals surface area contributed by atoms with Gasteiger partial charge >= 0.3 is 0 Å². The van der Waals surface area contributed by atoms with Gasteiger partial charge in [-0.25, -0.2) is 0 Å². The van der Waals surface area contributed by atoms with Crippen LogP contribution in [0, 0.1) is 11.8 Å². The molecule has 0 radical (unpaired) electrons. The van der Waals surface area contributed by atoms with Crippen molar-refractivity contribution in [1.29, 1.82) is 0 Å². The molecule has 0 aliphatic carbocycles. The smallest absolute Gasteiger partial charge is 0.223 e. The van der Waals surface area contributed by atoms with Crippen molar-refractivity contribution in [2.75, 3.05) is 13.1 Å². The fourth-order valence-corrected chi connectivity index (χ4v) is 13.7. The maximum Gasteiger partial charge on any atom is 0.223 e. The molecule has 0 bridgehead atoms. The molecule has 0 spiro atoms. The first-order chi connectivity index (χ1) is 43.5. The highest BCUT2D eigenvalue weighted by Crippen LogP contribution is 2.30. The third-order valence-electron chi connectivity index (χ3n) is 19.9. The maximum absolute atomic E-state index is 14.0. The van der Waals surface area contributed by atoms with Crippen molar-refractivity contribution in [1.82, 2.24) is 10.6 Å².